The van der Waals surface area contributed by atoms with Gasteiger partial charge in [0, 0.05) is 19.0 Å². The van der Waals surface area contributed by atoms with Crippen molar-refractivity contribution in [3.8, 4) is 0 Å². The van der Waals surface area contributed by atoms with Crippen LogP contribution in [0.15, 0.2) is 0 Å². The standard InChI is InChI=1S/C14H19F3N4O/c15-14(16,17)13-19-18-11-9-20(7-8-21(11)13)12(22)10-5-3-1-2-4-6-10/h10H,1-9H2. The van der Waals surface area contributed by atoms with E-state index in [0.29, 0.717) is 6.54 Å². The molecule has 22 heavy (non-hydrogen) atoms. The fourth-order valence-corrected chi connectivity index (χ4v) is 3.34. The maximum absolute atomic E-state index is 12.8. The molecule has 5 nitrogen and oxygen atoms in total. The molecule has 0 spiro atoms. The summed E-state index contributed by atoms with van der Waals surface area (Å²) < 4.78 is 39.5. The Kier molecular flexibility index (Phi) is 4.10. The van der Waals surface area contributed by atoms with Gasteiger partial charge in [0.2, 0.25) is 11.7 Å². The highest BCUT2D eigenvalue weighted by Crippen LogP contribution is 2.30. The number of aromatic nitrogens is 3. The van der Waals surface area contributed by atoms with Crippen molar-refractivity contribution in [1.29, 1.82) is 0 Å². The zero-order valence-electron chi connectivity index (χ0n) is 12.3. The third-order valence-corrected chi connectivity index (χ3v) is 4.52. The molecule has 0 atom stereocenters. The molecular weight excluding hydrogens is 297 g/mol. The van der Waals surface area contributed by atoms with Crippen molar-refractivity contribution in [2.45, 2.75) is 57.8 Å². The lowest BCUT2D eigenvalue weighted by Crippen LogP contribution is -2.42. The van der Waals surface area contributed by atoms with E-state index in [1.807, 2.05) is 0 Å². The number of hydrogen-bond acceptors (Lipinski definition) is 3. The maximum atomic E-state index is 12.8. The van der Waals surface area contributed by atoms with Crippen LogP contribution in [0, 0.1) is 5.92 Å². The Hall–Kier alpha value is -1.60. The van der Waals surface area contributed by atoms with Gasteiger partial charge in [-0.25, -0.2) is 0 Å². The smallest absolute Gasteiger partial charge is 0.333 e. The summed E-state index contributed by atoms with van der Waals surface area (Å²) in [6.07, 6.45) is 1.70. The lowest BCUT2D eigenvalue weighted by atomic mass is 9.98. The number of amides is 1. The molecule has 1 aliphatic heterocycles. The molecule has 0 saturated heterocycles. The molecule has 1 fully saturated rings. The zero-order valence-corrected chi connectivity index (χ0v) is 12.3. The Morgan fingerprint density at radius 3 is 2.36 bits per heavy atom. The molecule has 2 heterocycles. The fourth-order valence-electron chi connectivity index (χ4n) is 3.34. The fraction of sp³-hybridized carbons (Fsp3) is 0.786. The molecule has 0 bridgehead atoms. The van der Waals surface area contributed by atoms with Gasteiger partial charge in [-0.3, -0.25) is 4.79 Å². The highest BCUT2D eigenvalue weighted by atomic mass is 19.4. The Bertz CT molecular complexity index is 547. The monoisotopic (exact) mass is 316 g/mol. The number of hydrogen-bond donors (Lipinski definition) is 0. The first-order chi connectivity index (χ1) is 10.5. The number of carbonyl (C=O) groups is 1. The van der Waals surface area contributed by atoms with Gasteiger partial charge in [-0.1, -0.05) is 25.7 Å². The van der Waals surface area contributed by atoms with Gasteiger partial charge in [0.15, 0.2) is 5.82 Å². The summed E-state index contributed by atoms with van der Waals surface area (Å²) in [6.45, 7) is 0.525. The van der Waals surface area contributed by atoms with Gasteiger partial charge in [0.25, 0.3) is 0 Å². The predicted octanol–water partition coefficient (Wildman–Crippen LogP) is 2.61. The van der Waals surface area contributed by atoms with Gasteiger partial charge in [-0.05, 0) is 12.8 Å². The van der Waals surface area contributed by atoms with Crippen LogP contribution < -0.4 is 0 Å². The minimum Gasteiger partial charge on any atom is -0.333 e. The Balaban J connectivity index is 1.71. The molecule has 122 valence electrons. The molecule has 0 radical (unpaired) electrons. The first kappa shape index (κ1) is 15.3. The summed E-state index contributed by atoms with van der Waals surface area (Å²) in [5.41, 5.74) is 0. The minimum absolute atomic E-state index is 0.0130. The molecular formula is C14H19F3N4O. The average Bonchev–Trinajstić information content (AvgIpc) is 2.72. The third-order valence-electron chi connectivity index (χ3n) is 4.52. The van der Waals surface area contributed by atoms with Gasteiger partial charge < -0.3 is 9.47 Å². The van der Waals surface area contributed by atoms with Crippen molar-refractivity contribution in [1.82, 2.24) is 19.7 Å². The van der Waals surface area contributed by atoms with Crippen LogP contribution >= 0.6 is 0 Å². The van der Waals surface area contributed by atoms with Crippen LogP contribution in [0.4, 0.5) is 13.2 Å². The molecule has 1 aromatic rings. The van der Waals surface area contributed by atoms with Crippen LogP contribution in [0.1, 0.15) is 50.2 Å². The van der Waals surface area contributed by atoms with E-state index in [4.69, 9.17) is 0 Å². The van der Waals surface area contributed by atoms with Gasteiger partial charge in [0.05, 0.1) is 6.54 Å². The zero-order chi connectivity index (χ0) is 15.7. The molecule has 1 amide bonds. The minimum atomic E-state index is -4.50. The van der Waals surface area contributed by atoms with Gasteiger partial charge >= 0.3 is 6.18 Å². The van der Waals surface area contributed by atoms with E-state index >= 15 is 0 Å². The number of halogens is 3. The molecule has 0 N–H and O–H groups in total. The largest absolute Gasteiger partial charge is 0.451 e. The van der Waals surface area contributed by atoms with Crippen LogP contribution in [0.3, 0.4) is 0 Å². The van der Waals surface area contributed by atoms with E-state index in [-0.39, 0.29) is 30.7 Å². The van der Waals surface area contributed by atoms with E-state index in [1.165, 1.54) is 0 Å². The summed E-state index contributed by atoms with van der Waals surface area (Å²) in [7, 11) is 0. The summed E-state index contributed by atoms with van der Waals surface area (Å²) in [4.78, 5) is 14.2. The summed E-state index contributed by atoms with van der Waals surface area (Å²) >= 11 is 0. The van der Waals surface area contributed by atoms with E-state index in [0.717, 1.165) is 43.1 Å². The molecule has 0 unspecified atom stereocenters. The van der Waals surface area contributed by atoms with Crippen LogP contribution in [-0.2, 0) is 24.1 Å². The normalized spacial score (nSPS) is 20.6. The van der Waals surface area contributed by atoms with Gasteiger partial charge in [-0.2, -0.15) is 13.2 Å². The van der Waals surface area contributed by atoms with E-state index in [2.05, 4.69) is 10.2 Å². The van der Waals surface area contributed by atoms with E-state index in [1.54, 1.807) is 4.90 Å². The topological polar surface area (TPSA) is 51.0 Å². The average molecular weight is 316 g/mol. The van der Waals surface area contributed by atoms with Gasteiger partial charge in [0.1, 0.15) is 0 Å². The summed E-state index contributed by atoms with van der Waals surface area (Å²) in [5, 5.41) is 6.86. The van der Waals surface area contributed by atoms with Crippen molar-refractivity contribution in [3.05, 3.63) is 11.6 Å². The third kappa shape index (κ3) is 2.96. The molecule has 3 rings (SSSR count). The van der Waals surface area contributed by atoms with Crippen molar-refractivity contribution in [3.63, 3.8) is 0 Å². The van der Waals surface area contributed by atoms with E-state index < -0.39 is 12.0 Å². The number of alkyl halides is 3. The molecule has 1 aromatic heterocycles. The first-order valence-corrected chi connectivity index (χ1v) is 7.75. The number of fused-ring (bicyclic) bond motifs is 1. The number of rotatable bonds is 1. The van der Waals surface area contributed by atoms with Crippen molar-refractivity contribution in [2.75, 3.05) is 6.54 Å². The number of carbonyl (C=O) groups excluding carboxylic acids is 1. The second kappa shape index (κ2) is 5.89. The van der Waals surface area contributed by atoms with Crippen LogP contribution in [-0.4, -0.2) is 32.1 Å². The van der Waals surface area contributed by atoms with Crippen LogP contribution in [0.25, 0.3) is 0 Å². The molecule has 2 aliphatic rings. The SMILES string of the molecule is O=C(C1CCCCCC1)N1CCn2c(nnc2C(F)(F)F)C1. The first-order valence-electron chi connectivity index (χ1n) is 7.75. The van der Waals surface area contributed by atoms with Crippen LogP contribution in [0.5, 0.6) is 0 Å². The summed E-state index contributed by atoms with van der Waals surface area (Å²) in [5.74, 6) is -0.673. The second-order valence-electron chi connectivity index (χ2n) is 6.04. The summed E-state index contributed by atoms with van der Waals surface area (Å²) in [6, 6.07) is 0. The molecule has 8 heteroatoms. The predicted molar refractivity (Wildman–Crippen MR) is 71.6 cm³/mol. The molecule has 1 aliphatic carbocycles. The van der Waals surface area contributed by atoms with Crippen molar-refractivity contribution >= 4 is 5.91 Å². The second-order valence-corrected chi connectivity index (χ2v) is 6.04. The lowest BCUT2D eigenvalue weighted by molar-refractivity contribution is -0.148. The molecule has 1 saturated carbocycles. The lowest BCUT2D eigenvalue weighted by Gasteiger charge is -2.30. The van der Waals surface area contributed by atoms with Crippen molar-refractivity contribution in [2.24, 2.45) is 5.92 Å². The maximum Gasteiger partial charge on any atom is 0.451 e. The number of nitrogens with zero attached hydrogens (tertiary/aromatic N) is 4. The van der Waals surface area contributed by atoms with Crippen molar-refractivity contribution < 1.29 is 18.0 Å². The quantitative estimate of drug-likeness (QED) is 0.748. The highest BCUT2D eigenvalue weighted by molar-refractivity contribution is 5.78. The Morgan fingerprint density at radius 1 is 1.05 bits per heavy atom. The highest BCUT2D eigenvalue weighted by Gasteiger charge is 2.40. The Labute approximate surface area is 126 Å². The van der Waals surface area contributed by atoms with Crippen LogP contribution in [0.2, 0.25) is 0 Å². The van der Waals surface area contributed by atoms with Gasteiger partial charge in [-0.15, -0.1) is 10.2 Å². The molecule has 0 aromatic carbocycles. The van der Waals surface area contributed by atoms with E-state index in [9.17, 15) is 18.0 Å². The Morgan fingerprint density at radius 2 is 1.73 bits per heavy atom.